The van der Waals surface area contributed by atoms with Gasteiger partial charge in [0, 0.05) is 17.6 Å². The van der Waals surface area contributed by atoms with Crippen LogP contribution in [-0.4, -0.2) is 12.1 Å². The van der Waals surface area contributed by atoms with Crippen molar-refractivity contribution >= 4 is 0 Å². The summed E-state index contributed by atoms with van der Waals surface area (Å²) < 4.78 is 5.65. The Bertz CT molecular complexity index is 358. The maximum absolute atomic E-state index is 5.65. The highest BCUT2D eigenvalue weighted by Gasteiger charge is 2.14. The minimum atomic E-state index is 0.174. The molecule has 0 fully saturated rings. The molecule has 1 N–H and O–H groups in total. The monoisotopic (exact) mass is 235 g/mol. The van der Waals surface area contributed by atoms with E-state index in [2.05, 4.69) is 51.2 Å². The average Bonchev–Trinajstić information content (AvgIpc) is 2.30. The third-order valence-corrected chi connectivity index (χ3v) is 3.16. The minimum absolute atomic E-state index is 0.174. The number of hydrogen-bond donors (Lipinski definition) is 1. The molecule has 0 aliphatic rings. The van der Waals surface area contributed by atoms with Gasteiger partial charge in [0.2, 0.25) is 0 Å². The quantitative estimate of drug-likeness (QED) is 0.812. The van der Waals surface area contributed by atoms with Gasteiger partial charge >= 0.3 is 0 Å². The first kappa shape index (κ1) is 14.0. The van der Waals surface area contributed by atoms with E-state index in [1.54, 1.807) is 0 Å². The van der Waals surface area contributed by atoms with Crippen molar-refractivity contribution in [3.63, 3.8) is 0 Å². The number of benzene rings is 1. The highest BCUT2D eigenvalue weighted by atomic mass is 16.5. The molecule has 0 amide bonds. The van der Waals surface area contributed by atoms with Crippen molar-refractivity contribution in [3.8, 4) is 5.75 Å². The molecule has 0 aromatic heterocycles. The minimum Gasteiger partial charge on any atom is -0.494 e. The largest absolute Gasteiger partial charge is 0.494 e. The van der Waals surface area contributed by atoms with Crippen molar-refractivity contribution in [2.45, 2.75) is 53.1 Å². The van der Waals surface area contributed by atoms with Gasteiger partial charge in [-0.2, -0.15) is 0 Å². The van der Waals surface area contributed by atoms with Crippen molar-refractivity contribution in [2.24, 2.45) is 0 Å². The SMILES string of the molecule is CCOc1ccc(C)cc1CNC(C)(C)CC. The lowest BCUT2D eigenvalue weighted by Crippen LogP contribution is -2.37. The van der Waals surface area contributed by atoms with E-state index in [0.717, 1.165) is 18.7 Å². The van der Waals surface area contributed by atoms with Crippen molar-refractivity contribution in [1.29, 1.82) is 0 Å². The third kappa shape index (κ3) is 4.39. The Balaban J connectivity index is 2.77. The molecule has 0 saturated carbocycles. The summed E-state index contributed by atoms with van der Waals surface area (Å²) >= 11 is 0. The van der Waals surface area contributed by atoms with Crippen LogP contribution in [-0.2, 0) is 6.54 Å². The summed E-state index contributed by atoms with van der Waals surface area (Å²) in [4.78, 5) is 0. The van der Waals surface area contributed by atoms with Crippen LogP contribution in [0.2, 0.25) is 0 Å². The van der Waals surface area contributed by atoms with E-state index >= 15 is 0 Å². The Morgan fingerprint density at radius 3 is 2.53 bits per heavy atom. The Morgan fingerprint density at radius 2 is 1.94 bits per heavy atom. The zero-order valence-corrected chi connectivity index (χ0v) is 11.8. The second kappa shape index (κ2) is 6.06. The molecule has 1 rings (SSSR count). The van der Waals surface area contributed by atoms with E-state index in [9.17, 15) is 0 Å². The fourth-order valence-electron chi connectivity index (χ4n) is 1.60. The molecule has 0 spiro atoms. The van der Waals surface area contributed by atoms with Gasteiger partial charge in [-0.25, -0.2) is 0 Å². The molecule has 1 aromatic rings. The maximum atomic E-state index is 5.65. The van der Waals surface area contributed by atoms with E-state index in [0.29, 0.717) is 6.61 Å². The van der Waals surface area contributed by atoms with Crippen LogP contribution >= 0.6 is 0 Å². The fourth-order valence-corrected chi connectivity index (χ4v) is 1.60. The average molecular weight is 235 g/mol. The number of ether oxygens (including phenoxy) is 1. The van der Waals surface area contributed by atoms with Crippen LogP contribution < -0.4 is 10.1 Å². The van der Waals surface area contributed by atoms with Gasteiger partial charge in [-0.05, 0) is 40.2 Å². The second-order valence-electron chi connectivity index (χ2n) is 5.14. The molecular formula is C15H25NO. The summed E-state index contributed by atoms with van der Waals surface area (Å²) in [7, 11) is 0. The molecule has 2 nitrogen and oxygen atoms in total. The molecule has 0 aliphatic carbocycles. The zero-order valence-electron chi connectivity index (χ0n) is 11.8. The van der Waals surface area contributed by atoms with Gasteiger partial charge in [-0.3, -0.25) is 0 Å². The van der Waals surface area contributed by atoms with Crippen LogP contribution in [0, 0.1) is 6.92 Å². The molecule has 17 heavy (non-hydrogen) atoms. The van der Waals surface area contributed by atoms with Crippen molar-refractivity contribution in [3.05, 3.63) is 29.3 Å². The topological polar surface area (TPSA) is 21.3 Å². The summed E-state index contributed by atoms with van der Waals surface area (Å²) in [5.74, 6) is 0.998. The number of aryl methyl sites for hydroxylation is 1. The van der Waals surface area contributed by atoms with E-state index in [1.807, 2.05) is 6.92 Å². The van der Waals surface area contributed by atoms with E-state index in [4.69, 9.17) is 4.74 Å². The highest BCUT2D eigenvalue weighted by Crippen LogP contribution is 2.21. The fraction of sp³-hybridized carbons (Fsp3) is 0.600. The Morgan fingerprint density at radius 1 is 1.24 bits per heavy atom. The van der Waals surface area contributed by atoms with Crippen LogP contribution in [0.25, 0.3) is 0 Å². The van der Waals surface area contributed by atoms with Gasteiger partial charge in [0.15, 0.2) is 0 Å². The summed E-state index contributed by atoms with van der Waals surface area (Å²) in [5, 5.41) is 3.57. The number of hydrogen-bond acceptors (Lipinski definition) is 2. The summed E-state index contributed by atoms with van der Waals surface area (Å²) in [6.45, 7) is 12.4. The molecule has 1 aromatic carbocycles. The van der Waals surface area contributed by atoms with Crippen molar-refractivity contribution in [1.82, 2.24) is 5.32 Å². The Hall–Kier alpha value is -1.02. The molecule has 0 radical (unpaired) electrons. The predicted octanol–water partition coefficient (Wildman–Crippen LogP) is 3.67. The first-order valence-electron chi connectivity index (χ1n) is 6.46. The smallest absolute Gasteiger partial charge is 0.123 e. The molecule has 96 valence electrons. The van der Waals surface area contributed by atoms with Gasteiger partial charge in [0.05, 0.1) is 6.61 Å². The Kier molecular flexibility index (Phi) is 5.01. The molecule has 0 saturated heterocycles. The van der Waals surface area contributed by atoms with Crippen LogP contribution in [0.15, 0.2) is 18.2 Å². The zero-order chi connectivity index (χ0) is 12.9. The van der Waals surface area contributed by atoms with Crippen LogP contribution in [0.3, 0.4) is 0 Å². The van der Waals surface area contributed by atoms with Crippen molar-refractivity contribution < 1.29 is 4.74 Å². The number of rotatable bonds is 6. The van der Waals surface area contributed by atoms with E-state index in [1.165, 1.54) is 11.1 Å². The van der Waals surface area contributed by atoms with E-state index < -0.39 is 0 Å². The van der Waals surface area contributed by atoms with Crippen LogP contribution in [0.5, 0.6) is 5.75 Å². The lowest BCUT2D eigenvalue weighted by atomic mass is 10.0. The summed E-state index contributed by atoms with van der Waals surface area (Å²) in [6, 6.07) is 6.36. The lowest BCUT2D eigenvalue weighted by Gasteiger charge is -2.25. The van der Waals surface area contributed by atoms with Gasteiger partial charge in [-0.15, -0.1) is 0 Å². The van der Waals surface area contributed by atoms with Gasteiger partial charge < -0.3 is 10.1 Å². The molecular weight excluding hydrogens is 210 g/mol. The number of nitrogens with one attached hydrogen (secondary N) is 1. The third-order valence-electron chi connectivity index (χ3n) is 3.16. The van der Waals surface area contributed by atoms with Crippen LogP contribution in [0.4, 0.5) is 0 Å². The summed E-state index contributed by atoms with van der Waals surface area (Å²) in [6.07, 6.45) is 1.11. The van der Waals surface area contributed by atoms with Gasteiger partial charge in [0.25, 0.3) is 0 Å². The molecule has 0 aliphatic heterocycles. The van der Waals surface area contributed by atoms with Gasteiger partial charge in [0.1, 0.15) is 5.75 Å². The standard InChI is InChI=1S/C15H25NO/c1-6-15(4,5)16-11-13-10-12(3)8-9-14(13)17-7-2/h8-10,16H,6-7,11H2,1-5H3. The van der Waals surface area contributed by atoms with Crippen molar-refractivity contribution in [2.75, 3.05) is 6.61 Å². The molecule has 0 bridgehead atoms. The van der Waals surface area contributed by atoms with Gasteiger partial charge in [-0.1, -0.05) is 24.6 Å². The molecule has 0 unspecified atom stereocenters. The van der Waals surface area contributed by atoms with E-state index in [-0.39, 0.29) is 5.54 Å². The molecule has 2 heteroatoms. The van der Waals surface area contributed by atoms with Crippen LogP contribution in [0.1, 0.15) is 45.2 Å². The molecule has 0 heterocycles. The normalized spacial score (nSPS) is 11.6. The maximum Gasteiger partial charge on any atom is 0.123 e. The lowest BCUT2D eigenvalue weighted by molar-refractivity contribution is 0.328. The highest BCUT2D eigenvalue weighted by molar-refractivity contribution is 5.36. The second-order valence-corrected chi connectivity index (χ2v) is 5.14. The first-order valence-corrected chi connectivity index (χ1v) is 6.46. The Labute approximate surface area is 105 Å². The first-order chi connectivity index (χ1) is 7.98. The predicted molar refractivity (Wildman–Crippen MR) is 73.6 cm³/mol. The molecule has 0 atom stereocenters. The summed E-state index contributed by atoms with van der Waals surface area (Å²) in [5.41, 5.74) is 2.70.